The quantitative estimate of drug-likeness (QED) is 0.117. The first kappa shape index (κ1) is 40.4. The van der Waals surface area contributed by atoms with Gasteiger partial charge in [0.2, 0.25) is 11.8 Å². The number of carbonyl (C=O) groups excluding carboxylic acids is 3. The summed E-state index contributed by atoms with van der Waals surface area (Å²) in [6.07, 6.45) is 5.24. The number of carbonyl (C=O) groups is 3. The Labute approximate surface area is 351 Å². The molecule has 2 aromatic heterocycles. The Balaban J connectivity index is 0.983. The number of nitrogens with one attached hydrogen (secondary N) is 3. The van der Waals surface area contributed by atoms with Gasteiger partial charge in [0, 0.05) is 25.7 Å². The standard InChI is InChI=1S/C48H53N9O3/c1-49-46(58)41-40(52-45(53-41)39-19-13-29-57(39)48(60)43(55(4)5)36-16-10-7-11-17-36)34-26-22-32(23-27-34)31-20-24-33(25-21-31)37-30-50-44(51-37)38-18-12-28-56(38)47(59)42(54(2)3)35-14-8-6-9-15-35/h6-11,14-17,20-27,30,38-39,42-43H,12-13,18-19,28-29H2,1-5H3,(H,49,58)(H,50,51)(H,52,53)/t38-,39-,42?,43+/m0/s1. The molecule has 0 aliphatic carbocycles. The first-order valence-corrected chi connectivity index (χ1v) is 20.7. The average Bonchev–Trinajstić information content (AvgIpc) is 4.11. The van der Waals surface area contributed by atoms with Crippen molar-refractivity contribution in [2.24, 2.45) is 0 Å². The lowest BCUT2D eigenvalue weighted by Gasteiger charge is -2.31. The first-order valence-electron chi connectivity index (χ1n) is 20.7. The maximum absolute atomic E-state index is 14.1. The molecular weight excluding hydrogens is 751 g/mol. The van der Waals surface area contributed by atoms with Crippen LogP contribution in [-0.2, 0) is 9.59 Å². The van der Waals surface area contributed by atoms with E-state index < -0.39 is 6.04 Å². The number of likely N-dealkylation sites (tertiary alicyclic amines) is 2. The fraction of sp³-hybridized carbons (Fsp3) is 0.312. The average molecular weight is 804 g/mol. The van der Waals surface area contributed by atoms with Crippen LogP contribution in [0, 0.1) is 0 Å². The minimum Gasteiger partial charge on any atom is -0.354 e. The number of hydrogen-bond acceptors (Lipinski definition) is 7. The highest BCUT2D eigenvalue weighted by Crippen LogP contribution is 2.38. The number of benzene rings is 4. The highest BCUT2D eigenvalue weighted by Gasteiger charge is 2.39. The lowest BCUT2D eigenvalue weighted by atomic mass is 10.0. The molecule has 0 bridgehead atoms. The van der Waals surface area contributed by atoms with Crippen LogP contribution in [0.3, 0.4) is 0 Å². The molecule has 12 nitrogen and oxygen atoms in total. The van der Waals surface area contributed by atoms with Crippen LogP contribution < -0.4 is 5.32 Å². The zero-order valence-corrected chi connectivity index (χ0v) is 34.9. The third kappa shape index (κ3) is 8.00. The minimum atomic E-state index is -0.431. The zero-order valence-electron chi connectivity index (χ0n) is 34.9. The van der Waals surface area contributed by atoms with Gasteiger partial charge in [0.05, 0.1) is 29.7 Å². The number of hydrogen-bond donors (Lipinski definition) is 3. The van der Waals surface area contributed by atoms with Gasteiger partial charge < -0.3 is 25.1 Å². The summed E-state index contributed by atoms with van der Waals surface area (Å²) in [6, 6.07) is 35.0. The molecule has 4 aromatic carbocycles. The Morgan fingerprint density at radius 1 is 0.633 bits per heavy atom. The normalized spacial score (nSPS) is 17.6. The number of nitrogens with zero attached hydrogens (tertiary/aromatic N) is 6. The van der Waals surface area contributed by atoms with Gasteiger partial charge in [-0.3, -0.25) is 24.2 Å². The van der Waals surface area contributed by atoms with Crippen LogP contribution in [0.25, 0.3) is 33.6 Å². The van der Waals surface area contributed by atoms with Crippen LogP contribution in [0.2, 0.25) is 0 Å². The number of H-pyrrole nitrogens is 2. The van der Waals surface area contributed by atoms with Gasteiger partial charge in [-0.1, -0.05) is 109 Å². The second-order valence-corrected chi connectivity index (χ2v) is 16.2. The van der Waals surface area contributed by atoms with E-state index in [1.165, 1.54) is 0 Å². The number of likely N-dealkylation sites (N-methyl/N-ethyl adjacent to an activating group) is 2. The van der Waals surface area contributed by atoms with Crippen LogP contribution >= 0.6 is 0 Å². The molecule has 3 N–H and O–H groups in total. The highest BCUT2D eigenvalue weighted by atomic mass is 16.2. The number of aromatic amines is 2. The van der Waals surface area contributed by atoms with Gasteiger partial charge in [0.15, 0.2) is 5.69 Å². The summed E-state index contributed by atoms with van der Waals surface area (Å²) >= 11 is 0. The summed E-state index contributed by atoms with van der Waals surface area (Å²) in [7, 11) is 9.34. The van der Waals surface area contributed by atoms with E-state index in [0.717, 1.165) is 70.6 Å². The van der Waals surface area contributed by atoms with Gasteiger partial charge >= 0.3 is 0 Å². The molecular formula is C48H53N9O3. The van der Waals surface area contributed by atoms with Crippen LogP contribution in [0.15, 0.2) is 115 Å². The predicted octanol–water partition coefficient (Wildman–Crippen LogP) is 7.43. The van der Waals surface area contributed by atoms with Crippen molar-refractivity contribution in [1.82, 2.24) is 44.9 Å². The van der Waals surface area contributed by atoms with Gasteiger partial charge in [-0.2, -0.15) is 0 Å². The van der Waals surface area contributed by atoms with Gasteiger partial charge in [-0.25, -0.2) is 9.97 Å². The summed E-state index contributed by atoms with van der Waals surface area (Å²) in [4.78, 5) is 65.7. The van der Waals surface area contributed by atoms with Crippen LogP contribution in [0.5, 0.6) is 0 Å². The van der Waals surface area contributed by atoms with E-state index in [2.05, 4.69) is 39.6 Å². The molecule has 2 aliphatic heterocycles. The maximum Gasteiger partial charge on any atom is 0.271 e. The molecule has 2 saturated heterocycles. The summed E-state index contributed by atoms with van der Waals surface area (Å²) in [5, 5.41) is 2.74. The van der Waals surface area contributed by atoms with Crippen molar-refractivity contribution >= 4 is 17.7 Å². The molecule has 0 saturated carbocycles. The highest BCUT2D eigenvalue weighted by molar-refractivity contribution is 5.98. The van der Waals surface area contributed by atoms with E-state index in [-0.39, 0.29) is 35.8 Å². The Kier molecular flexibility index (Phi) is 11.8. The minimum absolute atomic E-state index is 0.0151. The van der Waals surface area contributed by atoms with Gasteiger partial charge in [-0.15, -0.1) is 0 Å². The first-order chi connectivity index (χ1) is 29.1. The number of imidazole rings is 2. The van der Waals surface area contributed by atoms with Crippen molar-refractivity contribution in [3.63, 3.8) is 0 Å². The lowest BCUT2D eigenvalue weighted by molar-refractivity contribution is -0.138. The van der Waals surface area contributed by atoms with Crippen molar-refractivity contribution in [3.8, 4) is 33.6 Å². The molecule has 0 radical (unpaired) electrons. The largest absolute Gasteiger partial charge is 0.354 e. The summed E-state index contributed by atoms with van der Waals surface area (Å²) in [5.41, 5.74) is 7.62. The second kappa shape index (κ2) is 17.5. The van der Waals surface area contributed by atoms with Crippen molar-refractivity contribution in [2.45, 2.75) is 49.9 Å². The molecule has 4 heterocycles. The summed E-state index contributed by atoms with van der Waals surface area (Å²) in [5.74, 6) is 1.22. The van der Waals surface area contributed by atoms with E-state index in [1.807, 2.05) is 139 Å². The summed E-state index contributed by atoms with van der Waals surface area (Å²) < 4.78 is 0. The van der Waals surface area contributed by atoms with Gasteiger partial charge in [0.25, 0.3) is 5.91 Å². The van der Waals surface area contributed by atoms with Gasteiger partial charge in [0.1, 0.15) is 23.7 Å². The molecule has 6 aromatic rings. The van der Waals surface area contributed by atoms with Crippen LogP contribution in [-0.4, -0.2) is 106 Å². The number of rotatable bonds is 12. The van der Waals surface area contributed by atoms with E-state index in [9.17, 15) is 14.4 Å². The van der Waals surface area contributed by atoms with Crippen LogP contribution in [0.1, 0.15) is 83.1 Å². The van der Waals surface area contributed by atoms with E-state index in [0.29, 0.717) is 30.3 Å². The third-order valence-electron chi connectivity index (χ3n) is 11.9. The molecule has 0 spiro atoms. The number of aromatic nitrogens is 4. The fourth-order valence-electron chi connectivity index (χ4n) is 8.90. The number of amides is 3. The van der Waals surface area contributed by atoms with Crippen molar-refractivity contribution < 1.29 is 14.4 Å². The van der Waals surface area contributed by atoms with E-state index in [1.54, 1.807) is 7.05 Å². The molecule has 12 heteroatoms. The van der Waals surface area contributed by atoms with Crippen LogP contribution in [0.4, 0.5) is 0 Å². The molecule has 2 fully saturated rings. The van der Waals surface area contributed by atoms with E-state index >= 15 is 0 Å². The van der Waals surface area contributed by atoms with Crippen molar-refractivity contribution in [2.75, 3.05) is 48.3 Å². The third-order valence-corrected chi connectivity index (χ3v) is 11.9. The maximum atomic E-state index is 14.1. The molecule has 3 amide bonds. The Hall–Kier alpha value is -6.37. The summed E-state index contributed by atoms with van der Waals surface area (Å²) in [6.45, 7) is 1.32. The predicted molar refractivity (Wildman–Crippen MR) is 234 cm³/mol. The molecule has 308 valence electrons. The smallest absolute Gasteiger partial charge is 0.271 e. The fourth-order valence-corrected chi connectivity index (χ4v) is 8.90. The van der Waals surface area contributed by atoms with Crippen molar-refractivity contribution in [1.29, 1.82) is 0 Å². The van der Waals surface area contributed by atoms with Gasteiger partial charge in [-0.05, 0) is 81.7 Å². The Morgan fingerprint density at radius 3 is 1.58 bits per heavy atom. The van der Waals surface area contributed by atoms with Crippen molar-refractivity contribution in [3.05, 3.63) is 144 Å². The molecule has 2 aliphatic rings. The molecule has 8 rings (SSSR count). The second-order valence-electron chi connectivity index (χ2n) is 16.2. The lowest BCUT2D eigenvalue weighted by Crippen LogP contribution is -2.40. The topological polar surface area (TPSA) is 134 Å². The zero-order chi connectivity index (χ0) is 41.9. The Bertz CT molecular complexity index is 2420. The van der Waals surface area contributed by atoms with E-state index in [4.69, 9.17) is 9.97 Å². The molecule has 4 atom stereocenters. The monoisotopic (exact) mass is 803 g/mol. The Morgan fingerprint density at radius 2 is 1.10 bits per heavy atom. The molecule has 1 unspecified atom stereocenters. The SMILES string of the molecule is CNC(=O)c1nc([C@@H]2CCCN2C(=O)[C@@H](c2ccccc2)N(C)C)[nH]c1-c1ccc(-c2ccc(-c3cnc([C@@H]4CCCN4C(=O)C(c4ccccc4)N(C)C)[nH]3)cc2)cc1. The molecule has 60 heavy (non-hydrogen) atoms.